The van der Waals surface area contributed by atoms with Crippen LogP contribution in [0.15, 0.2) is 59.8 Å². The molecule has 1 aromatic carbocycles. The average molecular weight is 376 g/mol. The van der Waals surface area contributed by atoms with Gasteiger partial charge in [-0.15, -0.1) is 10.2 Å². The zero-order valence-corrected chi connectivity index (χ0v) is 15.3. The highest BCUT2D eigenvalue weighted by molar-refractivity contribution is 5.77. The van der Waals surface area contributed by atoms with E-state index in [4.69, 9.17) is 0 Å². The van der Waals surface area contributed by atoms with Crippen molar-refractivity contribution in [2.75, 3.05) is 6.54 Å². The highest BCUT2D eigenvalue weighted by Crippen LogP contribution is 2.05. The first kappa shape index (κ1) is 17.8. The maximum Gasteiger partial charge on any atom is 0.261 e. The highest BCUT2D eigenvalue weighted by atomic mass is 16.1. The number of aryl methyl sites for hydroxylation is 1. The van der Waals surface area contributed by atoms with Crippen molar-refractivity contribution in [3.63, 3.8) is 0 Å². The molecule has 4 rings (SSSR count). The summed E-state index contributed by atoms with van der Waals surface area (Å²) >= 11 is 0. The Balaban J connectivity index is 1.26. The Morgan fingerprint density at radius 3 is 2.86 bits per heavy atom. The van der Waals surface area contributed by atoms with Gasteiger partial charge in [0, 0.05) is 32.1 Å². The molecule has 8 heteroatoms. The molecule has 0 saturated heterocycles. The van der Waals surface area contributed by atoms with Crippen LogP contribution in [0.1, 0.15) is 18.7 Å². The standard InChI is InChI=1S/C20H20N6O2/c27-19(21-11-10-18-24-23-17-8-3-4-13-26(17)18)9-5-12-25-14-22-16-7-2-1-6-15(16)20(25)28/h1-4,6-8,13-14H,5,9-12H2,(H,21,27). The molecule has 3 aromatic heterocycles. The molecular formula is C20H20N6O2. The molecule has 0 saturated carbocycles. The lowest BCUT2D eigenvalue weighted by Crippen LogP contribution is -2.27. The SMILES string of the molecule is O=C(CCCn1cnc2ccccc2c1=O)NCCc1nnc2ccccn12. The fourth-order valence-corrected chi connectivity index (χ4v) is 3.14. The van der Waals surface area contributed by atoms with Crippen LogP contribution in [-0.4, -0.2) is 36.6 Å². The molecule has 0 aliphatic heterocycles. The van der Waals surface area contributed by atoms with Crippen molar-refractivity contribution < 1.29 is 4.79 Å². The fourth-order valence-electron chi connectivity index (χ4n) is 3.14. The number of amides is 1. The third kappa shape index (κ3) is 3.75. The number of hydrogen-bond donors (Lipinski definition) is 1. The third-order valence-corrected chi connectivity index (χ3v) is 4.59. The van der Waals surface area contributed by atoms with Crippen molar-refractivity contribution in [2.45, 2.75) is 25.8 Å². The molecule has 0 aliphatic rings. The summed E-state index contributed by atoms with van der Waals surface area (Å²) in [5, 5.41) is 11.7. The van der Waals surface area contributed by atoms with E-state index >= 15 is 0 Å². The summed E-state index contributed by atoms with van der Waals surface area (Å²) in [6, 6.07) is 13.0. The first-order valence-electron chi connectivity index (χ1n) is 9.22. The van der Waals surface area contributed by atoms with Crippen molar-refractivity contribution in [3.8, 4) is 0 Å². The molecule has 0 radical (unpaired) electrons. The largest absolute Gasteiger partial charge is 0.356 e. The molecule has 28 heavy (non-hydrogen) atoms. The van der Waals surface area contributed by atoms with E-state index in [1.807, 2.05) is 47.0 Å². The monoisotopic (exact) mass is 376 g/mol. The molecule has 0 bridgehead atoms. The van der Waals surface area contributed by atoms with Gasteiger partial charge in [0.2, 0.25) is 5.91 Å². The predicted octanol–water partition coefficient (Wildman–Crippen LogP) is 1.58. The summed E-state index contributed by atoms with van der Waals surface area (Å²) in [7, 11) is 0. The minimum atomic E-state index is -0.0790. The van der Waals surface area contributed by atoms with Crippen molar-refractivity contribution in [2.24, 2.45) is 0 Å². The molecule has 1 N–H and O–H groups in total. The lowest BCUT2D eigenvalue weighted by molar-refractivity contribution is -0.121. The summed E-state index contributed by atoms with van der Waals surface area (Å²) in [5.41, 5.74) is 1.39. The molecule has 0 unspecified atom stereocenters. The number of para-hydroxylation sites is 1. The number of fused-ring (bicyclic) bond motifs is 2. The molecule has 0 spiro atoms. The van der Waals surface area contributed by atoms with Gasteiger partial charge in [-0.1, -0.05) is 18.2 Å². The Morgan fingerprint density at radius 2 is 1.93 bits per heavy atom. The van der Waals surface area contributed by atoms with Crippen LogP contribution in [0.2, 0.25) is 0 Å². The normalized spacial score (nSPS) is 11.1. The number of rotatable bonds is 7. The minimum Gasteiger partial charge on any atom is -0.356 e. The average Bonchev–Trinajstić information content (AvgIpc) is 3.13. The summed E-state index contributed by atoms with van der Waals surface area (Å²) in [6.07, 6.45) is 4.96. The van der Waals surface area contributed by atoms with Gasteiger partial charge in [-0.2, -0.15) is 0 Å². The number of hydrogen-bond acceptors (Lipinski definition) is 5. The molecule has 0 fully saturated rings. The summed E-state index contributed by atoms with van der Waals surface area (Å²) in [4.78, 5) is 28.8. The zero-order chi connectivity index (χ0) is 19.3. The van der Waals surface area contributed by atoms with Gasteiger partial charge in [0.15, 0.2) is 5.65 Å². The van der Waals surface area contributed by atoms with Gasteiger partial charge in [0.05, 0.1) is 17.2 Å². The lowest BCUT2D eigenvalue weighted by atomic mass is 10.2. The van der Waals surface area contributed by atoms with Crippen LogP contribution in [0.4, 0.5) is 0 Å². The van der Waals surface area contributed by atoms with E-state index in [2.05, 4.69) is 20.5 Å². The Bertz CT molecular complexity index is 1180. The number of pyridine rings is 1. The number of carbonyl (C=O) groups excluding carboxylic acids is 1. The second-order valence-corrected chi connectivity index (χ2v) is 6.51. The maximum atomic E-state index is 12.4. The fraction of sp³-hybridized carbons (Fsp3) is 0.250. The summed E-state index contributed by atoms with van der Waals surface area (Å²) < 4.78 is 3.46. The van der Waals surface area contributed by atoms with Gasteiger partial charge in [0.25, 0.3) is 5.56 Å². The second kappa shape index (κ2) is 7.99. The highest BCUT2D eigenvalue weighted by Gasteiger charge is 2.07. The Hall–Kier alpha value is -3.55. The Labute approximate surface area is 160 Å². The number of nitrogens with one attached hydrogen (secondary N) is 1. The van der Waals surface area contributed by atoms with Gasteiger partial charge in [0.1, 0.15) is 5.82 Å². The molecule has 4 aromatic rings. The van der Waals surface area contributed by atoms with Gasteiger partial charge in [-0.05, 0) is 30.7 Å². The molecular weight excluding hydrogens is 356 g/mol. The number of carbonyl (C=O) groups is 1. The number of aromatic nitrogens is 5. The van der Waals surface area contributed by atoms with E-state index in [1.165, 1.54) is 0 Å². The van der Waals surface area contributed by atoms with Gasteiger partial charge >= 0.3 is 0 Å². The van der Waals surface area contributed by atoms with Crippen molar-refractivity contribution >= 4 is 22.5 Å². The molecule has 8 nitrogen and oxygen atoms in total. The smallest absolute Gasteiger partial charge is 0.261 e. The van der Waals surface area contributed by atoms with E-state index in [9.17, 15) is 9.59 Å². The molecule has 142 valence electrons. The van der Waals surface area contributed by atoms with Crippen LogP contribution >= 0.6 is 0 Å². The first-order chi connectivity index (χ1) is 13.7. The van der Waals surface area contributed by atoms with Gasteiger partial charge in [-0.25, -0.2) is 4.98 Å². The number of benzene rings is 1. The van der Waals surface area contributed by atoms with Crippen molar-refractivity contribution in [3.05, 3.63) is 71.2 Å². The van der Waals surface area contributed by atoms with Crippen LogP contribution in [-0.2, 0) is 17.8 Å². The molecule has 1 amide bonds. The molecule has 3 heterocycles. The minimum absolute atomic E-state index is 0.0457. The third-order valence-electron chi connectivity index (χ3n) is 4.59. The van der Waals surface area contributed by atoms with E-state index in [1.54, 1.807) is 17.0 Å². The molecule has 0 atom stereocenters. The van der Waals surface area contributed by atoms with E-state index in [-0.39, 0.29) is 11.5 Å². The topological polar surface area (TPSA) is 94.2 Å². The lowest BCUT2D eigenvalue weighted by Gasteiger charge is -2.07. The quantitative estimate of drug-likeness (QED) is 0.528. The van der Waals surface area contributed by atoms with Gasteiger partial charge < -0.3 is 5.32 Å². The van der Waals surface area contributed by atoms with E-state index in [0.717, 1.165) is 11.5 Å². The van der Waals surface area contributed by atoms with Crippen LogP contribution < -0.4 is 10.9 Å². The predicted molar refractivity (Wildman–Crippen MR) is 105 cm³/mol. The second-order valence-electron chi connectivity index (χ2n) is 6.51. The maximum absolute atomic E-state index is 12.4. The van der Waals surface area contributed by atoms with Crippen LogP contribution in [0.5, 0.6) is 0 Å². The summed E-state index contributed by atoms with van der Waals surface area (Å²) in [5.74, 6) is 0.764. The van der Waals surface area contributed by atoms with Crippen LogP contribution in [0, 0.1) is 0 Å². The van der Waals surface area contributed by atoms with Gasteiger partial charge in [-0.3, -0.25) is 18.6 Å². The first-order valence-corrected chi connectivity index (χ1v) is 9.22. The Kier molecular flexibility index (Phi) is 5.09. The van der Waals surface area contributed by atoms with E-state index in [0.29, 0.717) is 43.3 Å². The van der Waals surface area contributed by atoms with Crippen LogP contribution in [0.3, 0.4) is 0 Å². The van der Waals surface area contributed by atoms with E-state index < -0.39 is 0 Å². The zero-order valence-electron chi connectivity index (χ0n) is 15.3. The molecule has 0 aliphatic carbocycles. The van der Waals surface area contributed by atoms with Crippen LogP contribution in [0.25, 0.3) is 16.6 Å². The van der Waals surface area contributed by atoms with Crippen molar-refractivity contribution in [1.82, 2.24) is 29.5 Å². The number of nitrogens with zero attached hydrogens (tertiary/aromatic N) is 5. The summed E-state index contributed by atoms with van der Waals surface area (Å²) in [6.45, 7) is 0.949. The Morgan fingerprint density at radius 1 is 1.07 bits per heavy atom. The van der Waals surface area contributed by atoms with Crippen molar-refractivity contribution in [1.29, 1.82) is 0 Å².